The zero-order valence-corrected chi connectivity index (χ0v) is 14.7. The van der Waals surface area contributed by atoms with Crippen LogP contribution in [0.15, 0.2) is 58.9 Å². The standard InChI is InChI=1S/C19H14F2N4OS/c20-14-2-1-3-15(21)16(14)18(26)24-11-4-6-12(7-5-11)25-10-23-19-13(17(25)22)8-9-27-19/h1-10,17H,22H2,(H,24,26). The minimum atomic E-state index is -0.911. The molecule has 1 aliphatic heterocycles. The van der Waals surface area contributed by atoms with E-state index in [0.717, 1.165) is 28.4 Å². The van der Waals surface area contributed by atoms with E-state index in [1.165, 1.54) is 17.4 Å². The van der Waals surface area contributed by atoms with Gasteiger partial charge in [0.2, 0.25) is 0 Å². The second-order valence-corrected chi connectivity index (χ2v) is 6.77. The molecule has 1 aromatic heterocycles. The van der Waals surface area contributed by atoms with Gasteiger partial charge in [0.15, 0.2) is 0 Å². The van der Waals surface area contributed by atoms with Gasteiger partial charge in [-0.3, -0.25) is 4.79 Å². The van der Waals surface area contributed by atoms with Gasteiger partial charge in [-0.1, -0.05) is 6.07 Å². The molecular formula is C19H14F2N4OS. The maximum Gasteiger partial charge on any atom is 0.261 e. The molecule has 0 aliphatic carbocycles. The Bertz CT molecular complexity index is 1010. The Morgan fingerprint density at radius 3 is 2.52 bits per heavy atom. The van der Waals surface area contributed by atoms with E-state index in [1.807, 2.05) is 11.4 Å². The number of anilines is 2. The van der Waals surface area contributed by atoms with Crippen LogP contribution in [0.4, 0.5) is 25.2 Å². The van der Waals surface area contributed by atoms with Gasteiger partial charge < -0.3 is 16.0 Å². The molecule has 136 valence electrons. The highest BCUT2D eigenvalue weighted by Gasteiger charge is 2.23. The van der Waals surface area contributed by atoms with Crippen molar-refractivity contribution in [3.8, 4) is 0 Å². The maximum absolute atomic E-state index is 13.7. The Labute approximate surface area is 157 Å². The zero-order valence-electron chi connectivity index (χ0n) is 13.9. The fourth-order valence-electron chi connectivity index (χ4n) is 2.83. The first-order chi connectivity index (χ1) is 13.0. The largest absolute Gasteiger partial charge is 0.322 e. The molecule has 3 aromatic rings. The van der Waals surface area contributed by atoms with Crippen molar-refractivity contribution < 1.29 is 13.6 Å². The second-order valence-electron chi connectivity index (χ2n) is 5.88. The van der Waals surface area contributed by atoms with Gasteiger partial charge in [0.25, 0.3) is 5.91 Å². The number of amides is 1. The van der Waals surface area contributed by atoms with E-state index in [0.29, 0.717) is 5.69 Å². The summed E-state index contributed by atoms with van der Waals surface area (Å²) in [6.45, 7) is 0. The smallest absolute Gasteiger partial charge is 0.261 e. The van der Waals surface area contributed by atoms with Crippen molar-refractivity contribution in [1.29, 1.82) is 0 Å². The molecule has 1 aliphatic rings. The van der Waals surface area contributed by atoms with Crippen molar-refractivity contribution in [2.75, 3.05) is 10.2 Å². The summed E-state index contributed by atoms with van der Waals surface area (Å²) in [6.07, 6.45) is 1.29. The summed E-state index contributed by atoms with van der Waals surface area (Å²) in [4.78, 5) is 18.3. The molecule has 0 fully saturated rings. The number of hydrogen-bond donors (Lipinski definition) is 2. The number of hydrogen-bond acceptors (Lipinski definition) is 5. The van der Waals surface area contributed by atoms with Crippen LogP contribution < -0.4 is 16.0 Å². The summed E-state index contributed by atoms with van der Waals surface area (Å²) < 4.78 is 27.4. The van der Waals surface area contributed by atoms with Gasteiger partial charge in [0.1, 0.15) is 28.4 Å². The van der Waals surface area contributed by atoms with E-state index in [1.54, 1.807) is 35.5 Å². The number of carbonyl (C=O) groups is 1. The van der Waals surface area contributed by atoms with Crippen molar-refractivity contribution in [2.24, 2.45) is 10.7 Å². The van der Waals surface area contributed by atoms with E-state index in [-0.39, 0.29) is 6.17 Å². The Hall–Kier alpha value is -3.10. The van der Waals surface area contributed by atoms with Gasteiger partial charge in [-0.05, 0) is 47.8 Å². The van der Waals surface area contributed by atoms with Crippen LogP contribution in [0, 0.1) is 11.6 Å². The molecule has 2 heterocycles. The first-order valence-corrected chi connectivity index (χ1v) is 8.93. The van der Waals surface area contributed by atoms with Gasteiger partial charge in [-0.2, -0.15) is 0 Å². The van der Waals surface area contributed by atoms with Gasteiger partial charge in [-0.15, -0.1) is 11.3 Å². The molecule has 4 rings (SSSR count). The summed E-state index contributed by atoms with van der Waals surface area (Å²) in [7, 11) is 0. The highest BCUT2D eigenvalue weighted by Crippen LogP contribution is 2.36. The van der Waals surface area contributed by atoms with Crippen LogP contribution >= 0.6 is 11.3 Å². The number of nitrogens with one attached hydrogen (secondary N) is 1. The van der Waals surface area contributed by atoms with Crippen molar-refractivity contribution in [2.45, 2.75) is 6.17 Å². The van der Waals surface area contributed by atoms with Crippen molar-refractivity contribution in [3.63, 3.8) is 0 Å². The predicted molar refractivity (Wildman–Crippen MR) is 103 cm³/mol. The number of benzene rings is 2. The third-order valence-electron chi connectivity index (χ3n) is 4.21. The van der Waals surface area contributed by atoms with Crippen LogP contribution in [0.25, 0.3) is 0 Å². The summed E-state index contributed by atoms with van der Waals surface area (Å²) in [5.41, 5.74) is 7.79. The average molecular weight is 384 g/mol. The van der Waals surface area contributed by atoms with Gasteiger partial charge in [0.05, 0.1) is 6.34 Å². The van der Waals surface area contributed by atoms with Crippen molar-refractivity contribution in [3.05, 3.63) is 76.7 Å². The highest BCUT2D eigenvalue weighted by molar-refractivity contribution is 7.14. The van der Waals surface area contributed by atoms with Crippen LogP contribution in [0.2, 0.25) is 0 Å². The lowest BCUT2D eigenvalue weighted by atomic mass is 10.1. The van der Waals surface area contributed by atoms with Gasteiger partial charge in [0, 0.05) is 16.9 Å². The molecule has 0 saturated carbocycles. The van der Waals surface area contributed by atoms with Gasteiger partial charge in [-0.25, -0.2) is 13.8 Å². The van der Waals surface area contributed by atoms with E-state index < -0.39 is 23.1 Å². The average Bonchev–Trinajstić information content (AvgIpc) is 3.12. The molecule has 0 spiro atoms. The molecule has 1 atom stereocenters. The van der Waals surface area contributed by atoms with Crippen LogP contribution in [-0.4, -0.2) is 12.2 Å². The minimum absolute atomic E-state index is 0.364. The lowest BCUT2D eigenvalue weighted by Crippen LogP contribution is -2.35. The number of rotatable bonds is 3. The van der Waals surface area contributed by atoms with E-state index >= 15 is 0 Å². The Kier molecular flexibility index (Phi) is 4.43. The topological polar surface area (TPSA) is 70.7 Å². The van der Waals surface area contributed by atoms with E-state index in [4.69, 9.17) is 5.73 Å². The number of aliphatic imine (C=N–C) groups is 1. The van der Waals surface area contributed by atoms with Crippen LogP contribution in [0.5, 0.6) is 0 Å². The minimum Gasteiger partial charge on any atom is -0.322 e. The summed E-state index contributed by atoms with van der Waals surface area (Å²) in [5, 5.41) is 5.31. The molecule has 1 unspecified atom stereocenters. The number of nitrogens with zero attached hydrogens (tertiary/aromatic N) is 2. The first kappa shape index (κ1) is 17.3. The molecule has 8 heteroatoms. The highest BCUT2D eigenvalue weighted by atomic mass is 32.1. The molecule has 27 heavy (non-hydrogen) atoms. The molecule has 1 amide bonds. The normalized spacial score (nSPS) is 15.5. The van der Waals surface area contributed by atoms with Crippen molar-refractivity contribution >= 4 is 40.0 Å². The molecule has 0 bridgehead atoms. The monoisotopic (exact) mass is 384 g/mol. The first-order valence-electron chi connectivity index (χ1n) is 8.05. The lowest BCUT2D eigenvalue weighted by Gasteiger charge is -2.29. The zero-order chi connectivity index (χ0) is 19.0. The van der Waals surface area contributed by atoms with Crippen LogP contribution in [0.1, 0.15) is 22.1 Å². The number of nitrogens with two attached hydrogens (primary N) is 1. The Morgan fingerprint density at radius 2 is 1.81 bits per heavy atom. The van der Waals surface area contributed by atoms with E-state index in [9.17, 15) is 13.6 Å². The number of halogens is 2. The quantitative estimate of drug-likeness (QED) is 0.702. The maximum atomic E-state index is 13.7. The summed E-state index contributed by atoms with van der Waals surface area (Å²) in [5.74, 6) is -2.67. The molecule has 3 N–H and O–H groups in total. The van der Waals surface area contributed by atoms with Crippen LogP contribution in [-0.2, 0) is 0 Å². The molecular weight excluding hydrogens is 370 g/mol. The predicted octanol–water partition coefficient (Wildman–Crippen LogP) is 4.42. The van der Waals surface area contributed by atoms with Crippen molar-refractivity contribution in [1.82, 2.24) is 0 Å². The van der Waals surface area contributed by atoms with Crippen LogP contribution in [0.3, 0.4) is 0 Å². The molecule has 0 radical (unpaired) electrons. The lowest BCUT2D eigenvalue weighted by molar-refractivity contribution is 0.101. The summed E-state index contributed by atoms with van der Waals surface area (Å²) >= 11 is 1.52. The molecule has 5 nitrogen and oxygen atoms in total. The van der Waals surface area contributed by atoms with E-state index in [2.05, 4.69) is 10.3 Å². The number of carbonyl (C=O) groups excluding carboxylic acids is 1. The molecule has 0 saturated heterocycles. The fraction of sp³-hybridized carbons (Fsp3) is 0.0526. The number of fused-ring (bicyclic) bond motifs is 1. The third-order valence-corrected chi connectivity index (χ3v) is 5.04. The Morgan fingerprint density at radius 1 is 1.11 bits per heavy atom. The fourth-order valence-corrected chi connectivity index (χ4v) is 3.61. The number of thiophene rings is 1. The third kappa shape index (κ3) is 3.20. The molecule has 2 aromatic carbocycles. The SMILES string of the molecule is NC1c2ccsc2N=CN1c1ccc(NC(=O)c2c(F)cccc2F)cc1. The summed E-state index contributed by atoms with van der Waals surface area (Å²) in [6, 6.07) is 12.0. The second kappa shape index (κ2) is 6.90. The Balaban J connectivity index is 1.52. The van der Waals surface area contributed by atoms with Gasteiger partial charge >= 0.3 is 0 Å².